The van der Waals surface area contributed by atoms with E-state index in [4.69, 9.17) is 20.8 Å². The molecule has 1 aromatic heterocycles. The van der Waals surface area contributed by atoms with E-state index in [0.29, 0.717) is 33.5 Å². The Hall–Kier alpha value is -4.82. The maximum absolute atomic E-state index is 13.8. The number of amides is 3. The summed E-state index contributed by atoms with van der Waals surface area (Å²) in [6.07, 6.45) is 3.81. The summed E-state index contributed by atoms with van der Waals surface area (Å²) in [7, 11) is 1.55. The molecule has 0 spiro atoms. The molecule has 0 saturated heterocycles. The van der Waals surface area contributed by atoms with Gasteiger partial charge in [0.15, 0.2) is 0 Å². The fourth-order valence-electron chi connectivity index (χ4n) is 4.26. The van der Waals surface area contributed by atoms with Gasteiger partial charge in [0, 0.05) is 28.5 Å². The summed E-state index contributed by atoms with van der Waals surface area (Å²) in [6, 6.07) is 23.3. The van der Waals surface area contributed by atoms with Gasteiger partial charge in [0.25, 0.3) is 5.91 Å². The van der Waals surface area contributed by atoms with Crippen LogP contribution in [0.4, 0.5) is 11.4 Å². The molecule has 1 atom stereocenters. The highest BCUT2D eigenvalue weighted by Gasteiger charge is 2.32. The predicted molar refractivity (Wildman–Crippen MR) is 164 cm³/mol. The smallest absolute Gasteiger partial charge is 0.252 e. The molecule has 0 radical (unpaired) electrons. The Labute approximate surface area is 249 Å². The second-order valence-electron chi connectivity index (χ2n) is 9.76. The zero-order valence-electron chi connectivity index (χ0n) is 23.5. The van der Waals surface area contributed by atoms with E-state index >= 15 is 0 Å². The second kappa shape index (κ2) is 14.2. The van der Waals surface area contributed by atoms with Gasteiger partial charge in [-0.15, -0.1) is 0 Å². The number of anilines is 2. The molecule has 4 aromatic rings. The Kier molecular flexibility index (Phi) is 10.2. The molecule has 0 aliphatic heterocycles. The number of benzene rings is 3. The predicted octanol–water partition coefficient (Wildman–Crippen LogP) is 6.65. The highest BCUT2D eigenvalue weighted by Crippen LogP contribution is 2.31. The number of methoxy groups -OCH3 is 1. The molecule has 3 aromatic carbocycles. The third-order valence-corrected chi connectivity index (χ3v) is 6.77. The Morgan fingerprint density at radius 2 is 1.57 bits per heavy atom. The fraction of sp³-hybridized carbons (Fsp3) is 0.182. The van der Waals surface area contributed by atoms with Crippen LogP contribution in [0.5, 0.6) is 5.75 Å². The minimum absolute atomic E-state index is 0.129. The molecule has 0 saturated carbocycles. The van der Waals surface area contributed by atoms with E-state index in [1.807, 2.05) is 12.1 Å². The van der Waals surface area contributed by atoms with Crippen LogP contribution in [0.2, 0.25) is 5.02 Å². The number of rotatable bonds is 11. The van der Waals surface area contributed by atoms with Crippen molar-refractivity contribution in [2.24, 2.45) is 0 Å². The lowest BCUT2D eigenvalue weighted by Crippen LogP contribution is -2.43. The van der Waals surface area contributed by atoms with Gasteiger partial charge < -0.3 is 19.8 Å². The van der Waals surface area contributed by atoms with E-state index in [0.717, 1.165) is 17.7 Å². The van der Waals surface area contributed by atoms with Crippen molar-refractivity contribution in [1.82, 2.24) is 5.32 Å². The molecule has 3 amide bonds. The van der Waals surface area contributed by atoms with E-state index < -0.39 is 23.8 Å². The third kappa shape index (κ3) is 7.89. The molecule has 1 unspecified atom stereocenters. The number of hydrogen-bond donors (Lipinski definition) is 2. The molecule has 216 valence electrons. The summed E-state index contributed by atoms with van der Waals surface area (Å²) < 4.78 is 10.5. The Morgan fingerprint density at radius 3 is 2.17 bits per heavy atom. The molecular formula is C33H32ClN3O5. The summed E-state index contributed by atoms with van der Waals surface area (Å²) in [5.41, 5.74) is 2.63. The molecule has 2 N–H and O–H groups in total. The molecule has 1 heterocycles. The number of ether oxygens (including phenoxy) is 1. The topological polar surface area (TPSA) is 101 Å². The van der Waals surface area contributed by atoms with E-state index in [1.54, 1.807) is 79.9 Å². The van der Waals surface area contributed by atoms with Gasteiger partial charge in [-0.2, -0.15) is 0 Å². The molecule has 0 fully saturated rings. The fourth-order valence-corrected chi connectivity index (χ4v) is 4.38. The third-order valence-electron chi connectivity index (χ3n) is 6.52. The van der Waals surface area contributed by atoms with E-state index in [-0.39, 0.29) is 12.5 Å². The van der Waals surface area contributed by atoms with E-state index in [1.165, 1.54) is 11.2 Å². The summed E-state index contributed by atoms with van der Waals surface area (Å²) >= 11 is 6.14. The summed E-state index contributed by atoms with van der Waals surface area (Å²) in [4.78, 5) is 41.7. The molecule has 4 rings (SSSR count). The molecule has 0 bridgehead atoms. The van der Waals surface area contributed by atoms with Crippen LogP contribution in [0.3, 0.4) is 0 Å². The number of carbonyl (C=O) groups excluding carboxylic acids is 3. The van der Waals surface area contributed by atoms with E-state index in [2.05, 4.69) is 24.5 Å². The number of furan rings is 1. The lowest BCUT2D eigenvalue weighted by atomic mass is 10.0. The molecule has 8 nitrogen and oxygen atoms in total. The first-order valence-electron chi connectivity index (χ1n) is 13.4. The van der Waals surface area contributed by atoms with Crippen LogP contribution in [-0.2, 0) is 20.9 Å². The van der Waals surface area contributed by atoms with Crippen molar-refractivity contribution in [2.75, 3.05) is 17.3 Å². The first kappa shape index (κ1) is 30.1. The molecular weight excluding hydrogens is 554 g/mol. The monoisotopic (exact) mass is 585 g/mol. The van der Waals surface area contributed by atoms with Crippen LogP contribution >= 0.6 is 11.6 Å². The molecule has 0 aliphatic rings. The Balaban J connectivity index is 1.67. The first-order chi connectivity index (χ1) is 20.2. The van der Waals surface area contributed by atoms with Crippen molar-refractivity contribution in [3.63, 3.8) is 0 Å². The maximum Gasteiger partial charge on any atom is 0.252 e. The van der Waals surface area contributed by atoms with Crippen LogP contribution in [0.1, 0.15) is 42.7 Å². The minimum atomic E-state index is -1.08. The van der Waals surface area contributed by atoms with Crippen molar-refractivity contribution in [2.45, 2.75) is 32.4 Å². The Bertz CT molecular complexity index is 1510. The van der Waals surface area contributed by atoms with Gasteiger partial charge in [-0.1, -0.05) is 49.7 Å². The zero-order chi connectivity index (χ0) is 30.1. The van der Waals surface area contributed by atoms with E-state index in [9.17, 15) is 14.4 Å². The zero-order valence-corrected chi connectivity index (χ0v) is 24.3. The van der Waals surface area contributed by atoms with Crippen LogP contribution < -0.4 is 20.3 Å². The number of nitrogens with zero attached hydrogens (tertiary/aromatic N) is 1. The maximum atomic E-state index is 13.8. The lowest BCUT2D eigenvalue weighted by molar-refractivity contribution is -0.125. The van der Waals surface area contributed by atoms with Crippen LogP contribution in [0, 0.1) is 0 Å². The van der Waals surface area contributed by atoms with Crippen molar-refractivity contribution < 1.29 is 23.5 Å². The largest absolute Gasteiger partial charge is 0.497 e. The number of carbonyl (C=O) groups is 3. The SMILES string of the molecule is COc1ccc(NC(=O)C=CC(=O)N(c2ccc(C(C)C)cc2)C(C(=O)NCc2ccco2)c2ccc(Cl)cc2)cc1. The molecule has 42 heavy (non-hydrogen) atoms. The highest BCUT2D eigenvalue weighted by atomic mass is 35.5. The molecule has 0 aliphatic carbocycles. The van der Waals surface area contributed by atoms with Crippen LogP contribution in [0.15, 0.2) is 108 Å². The van der Waals surface area contributed by atoms with Crippen molar-refractivity contribution >= 4 is 40.7 Å². The lowest BCUT2D eigenvalue weighted by Gasteiger charge is -2.31. The Morgan fingerprint density at radius 1 is 0.905 bits per heavy atom. The van der Waals surface area contributed by atoms with Crippen molar-refractivity contribution in [1.29, 1.82) is 0 Å². The highest BCUT2D eigenvalue weighted by molar-refractivity contribution is 6.30. The number of nitrogens with one attached hydrogen (secondary N) is 2. The van der Waals surface area contributed by atoms with Crippen molar-refractivity contribution in [3.8, 4) is 5.75 Å². The van der Waals surface area contributed by atoms with Crippen LogP contribution in [0.25, 0.3) is 0 Å². The summed E-state index contributed by atoms with van der Waals surface area (Å²) in [5, 5.41) is 6.07. The van der Waals surface area contributed by atoms with Crippen molar-refractivity contribution in [3.05, 3.63) is 125 Å². The van der Waals surface area contributed by atoms with Gasteiger partial charge in [0.05, 0.1) is 19.9 Å². The average Bonchev–Trinajstić information content (AvgIpc) is 3.52. The van der Waals surface area contributed by atoms with Gasteiger partial charge in [-0.3, -0.25) is 19.3 Å². The minimum Gasteiger partial charge on any atom is -0.497 e. The standard InChI is InChI=1S/C33H32ClN3O5/c1-22(2)23-8-14-27(15-9-23)37(31(39)19-18-30(38)36-26-12-16-28(41-3)17-13-26)32(24-6-10-25(34)11-7-24)33(40)35-21-29-5-4-20-42-29/h4-20,22,32H,21H2,1-3H3,(H,35,40)(H,36,38). The van der Waals surface area contributed by atoms with Gasteiger partial charge in [-0.25, -0.2) is 0 Å². The second-order valence-corrected chi connectivity index (χ2v) is 10.2. The van der Waals surface area contributed by atoms with Gasteiger partial charge in [0.1, 0.15) is 17.6 Å². The molecule has 9 heteroatoms. The number of hydrogen-bond acceptors (Lipinski definition) is 5. The van der Waals surface area contributed by atoms with Gasteiger partial charge in [-0.05, 0) is 77.7 Å². The summed E-state index contributed by atoms with van der Waals surface area (Å²) in [6.45, 7) is 4.27. The first-order valence-corrected chi connectivity index (χ1v) is 13.7. The van der Waals surface area contributed by atoms with Crippen LogP contribution in [-0.4, -0.2) is 24.8 Å². The normalized spacial score (nSPS) is 11.7. The van der Waals surface area contributed by atoms with Gasteiger partial charge in [0.2, 0.25) is 11.8 Å². The quantitative estimate of drug-likeness (QED) is 0.192. The van der Waals surface area contributed by atoms with Gasteiger partial charge >= 0.3 is 0 Å². The average molecular weight is 586 g/mol. The number of halogens is 1. The summed E-state index contributed by atoms with van der Waals surface area (Å²) in [5.74, 6) is -0.0254.